The number of nitrogens with zero attached hydrogens (tertiary/aromatic N) is 1. The topological polar surface area (TPSA) is 55.8 Å². The smallest absolute Gasteiger partial charge is 0.332 e. The zero-order chi connectivity index (χ0) is 18.5. The van der Waals surface area contributed by atoms with Crippen molar-refractivity contribution in [3.63, 3.8) is 0 Å². The molecule has 0 aliphatic carbocycles. The Balaban J connectivity index is 1.83. The molecule has 2 heterocycles. The molecule has 26 heavy (non-hydrogen) atoms. The number of likely N-dealkylation sites (N-methyl/N-ethyl adjacent to an activating group) is 1. The van der Waals surface area contributed by atoms with Gasteiger partial charge in [-0.05, 0) is 35.4 Å². The minimum atomic E-state index is -1.43. The SMILES string of the molecule is COc1ccc(C2=CC(=O)O[C@@]3(C2)C(=O)N(C)c2cccc(Cl)c23)cc1. The highest BCUT2D eigenvalue weighted by atomic mass is 35.5. The maximum Gasteiger partial charge on any atom is 0.332 e. The van der Waals surface area contributed by atoms with Crippen LogP contribution < -0.4 is 9.64 Å². The van der Waals surface area contributed by atoms with Crippen LogP contribution in [0.3, 0.4) is 0 Å². The van der Waals surface area contributed by atoms with Gasteiger partial charge in [0.25, 0.3) is 5.91 Å². The third-order valence-corrected chi connectivity index (χ3v) is 5.19. The van der Waals surface area contributed by atoms with Crippen molar-refractivity contribution in [2.45, 2.75) is 12.0 Å². The highest BCUT2D eigenvalue weighted by Crippen LogP contribution is 2.51. The molecule has 1 atom stereocenters. The molecule has 2 aliphatic rings. The Morgan fingerprint density at radius 3 is 2.58 bits per heavy atom. The van der Waals surface area contributed by atoms with E-state index in [0.29, 0.717) is 22.0 Å². The molecule has 0 N–H and O–H groups in total. The zero-order valence-electron chi connectivity index (χ0n) is 14.3. The standard InChI is InChI=1S/C20H16ClNO4/c1-22-16-5-3-4-15(21)18(16)20(19(22)24)11-13(10-17(23)26-20)12-6-8-14(25-2)9-7-12/h3-10H,11H2,1-2H3/t20-/m1/s1. The number of ether oxygens (including phenoxy) is 2. The molecule has 4 rings (SSSR count). The van der Waals surface area contributed by atoms with Gasteiger partial charge in [-0.25, -0.2) is 4.79 Å². The van der Waals surface area contributed by atoms with Crippen LogP contribution in [0.25, 0.3) is 5.57 Å². The number of anilines is 1. The number of halogens is 1. The molecule has 5 nitrogen and oxygen atoms in total. The molecule has 0 unspecified atom stereocenters. The first-order chi connectivity index (χ1) is 12.5. The Morgan fingerprint density at radius 2 is 1.88 bits per heavy atom. The average Bonchev–Trinajstić information content (AvgIpc) is 2.84. The molecule has 0 aromatic heterocycles. The highest BCUT2D eigenvalue weighted by Gasteiger charge is 2.56. The molecule has 0 saturated heterocycles. The Labute approximate surface area is 155 Å². The summed E-state index contributed by atoms with van der Waals surface area (Å²) in [5, 5.41) is 0.406. The van der Waals surface area contributed by atoms with Crippen LogP contribution in [0.1, 0.15) is 17.5 Å². The molecule has 1 amide bonds. The highest BCUT2D eigenvalue weighted by molar-refractivity contribution is 6.33. The van der Waals surface area contributed by atoms with E-state index in [4.69, 9.17) is 21.1 Å². The Kier molecular flexibility index (Phi) is 3.77. The summed E-state index contributed by atoms with van der Waals surface area (Å²) in [4.78, 5) is 26.9. The molecule has 0 fully saturated rings. The molecule has 0 bridgehead atoms. The van der Waals surface area contributed by atoms with E-state index in [-0.39, 0.29) is 12.3 Å². The van der Waals surface area contributed by atoms with Gasteiger partial charge in [0.05, 0.1) is 17.8 Å². The van der Waals surface area contributed by atoms with Crippen molar-refractivity contribution < 1.29 is 19.1 Å². The van der Waals surface area contributed by atoms with Crippen LogP contribution in [0.5, 0.6) is 5.75 Å². The van der Waals surface area contributed by atoms with Gasteiger partial charge in [-0.3, -0.25) is 4.79 Å². The van der Waals surface area contributed by atoms with Crippen LogP contribution in [0.4, 0.5) is 5.69 Å². The Hall–Kier alpha value is -2.79. The lowest BCUT2D eigenvalue weighted by Crippen LogP contribution is -2.44. The van der Waals surface area contributed by atoms with Gasteiger partial charge < -0.3 is 14.4 Å². The van der Waals surface area contributed by atoms with E-state index < -0.39 is 11.6 Å². The summed E-state index contributed by atoms with van der Waals surface area (Å²) in [5.74, 6) is -0.142. The van der Waals surface area contributed by atoms with Gasteiger partial charge in [0.2, 0.25) is 5.60 Å². The normalized spacial score (nSPS) is 21.5. The molecule has 2 aromatic carbocycles. The molecule has 2 aliphatic heterocycles. The molecule has 0 saturated carbocycles. The number of esters is 1. The van der Waals surface area contributed by atoms with E-state index >= 15 is 0 Å². The molecular formula is C20H16ClNO4. The first-order valence-corrected chi connectivity index (χ1v) is 8.49. The van der Waals surface area contributed by atoms with E-state index in [9.17, 15) is 9.59 Å². The maximum atomic E-state index is 13.1. The summed E-state index contributed by atoms with van der Waals surface area (Å²) in [6, 6.07) is 12.6. The quantitative estimate of drug-likeness (QED) is 0.760. The second-order valence-corrected chi connectivity index (χ2v) is 6.73. The van der Waals surface area contributed by atoms with E-state index in [1.807, 2.05) is 24.3 Å². The lowest BCUT2D eigenvalue weighted by Gasteiger charge is -2.32. The van der Waals surface area contributed by atoms with E-state index in [2.05, 4.69) is 0 Å². The predicted molar refractivity (Wildman–Crippen MR) is 98.2 cm³/mol. The van der Waals surface area contributed by atoms with Gasteiger partial charge in [0.1, 0.15) is 5.75 Å². The summed E-state index contributed by atoms with van der Waals surface area (Å²) in [7, 11) is 3.25. The number of benzene rings is 2. The number of hydrogen-bond donors (Lipinski definition) is 0. The van der Waals surface area contributed by atoms with Crippen LogP contribution in [0, 0.1) is 0 Å². The minimum Gasteiger partial charge on any atom is -0.497 e. The van der Waals surface area contributed by atoms with Crippen LogP contribution in [-0.4, -0.2) is 26.0 Å². The molecule has 1 spiro atoms. The first kappa shape index (κ1) is 16.7. The van der Waals surface area contributed by atoms with Gasteiger partial charge >= 0.3 is 5.97 Å². The molecule has 2 aromatic rings. The van der Waals surface area contributed by atoms with Crippen molar-refractivity contribution in [3.8, 4) is 5.75 Å². The van der Waals surface area contributed by atoms with Gasteiger partial charge in [-0.15, -0.1) is 0 Å². The molecule has 6 heteroatoms. The number of carbonyl (C=O) groups is 2. The third-order valence-electron chi connectivity index (χ3n) is 4.87. The lowest BCUT2D eigenvalue weighted by atomic mass is 9.83. The summed E-state index contributed by atoms with van der Waals surface area (Å²) in [6.07, 6.45) is 1.65. The van der Waals surface area contributed by atoms with Crippen molar-refractivity contribution in [1.82, 2.24) is 0 Å². The van der Waals surface area contributed by atoms with Gasteiger partial charge in [-0.2, -0.15) is 0 Å². The number of carbonyl (C=O) groups excluding carboxylic acids is 2. The maximum absolute atomic E-state index is 13.1. The van der Waals surface area contributed by atoms with Gasteiger partial charge in [0, 0.05) is 25.1 Å². The summed E-state index contributed by atoms with van der Waals surface area (Å²) >= 11 is 6.40. The summed E-state index contributed by atoms with van der Waals surface area (Å²) < 4.78 is 10.8. The lowest BCUT2D eigenvalue weighted by molar-refractivity contribution is -0.163. The van der Waals surface area contributed by atoms with Crippen LogP contribution in [0.15, 0.2) is 48.5 Å². The van der Waals surface area contributed by atoms with Crippen LogP contribution in [-0.2, 0) is 19.9 Å². The predicted octanol–water partition coefficient (Wildman–Crippen LogP) is 3.55. The second-order valence-electron chi connectivity index (χ2n) is 6.32. The Bertz CT molecular complexity index is 951. The van der Waals surface area contributed by atoms with Gasteiger partial charge in [-0.1, -0.05) is 29.8 Å². The average molecular weight is 370 g/mol. The molecule has 132 valence electrons. The largest absolute Gasteiger partial charge is 0.497 e. The van der Waals surface area contributed by atoms with E-state index in [1.165, 1.54) is 11.0 Å². The fraction of sp³-hybridized carbons (Fsp3) is 0.200. The number of hydrogen-bond acceptors (Lipinski definition) is 4. The third kappa shape index (κ3) is 2.31. The number of amides is 1. The van der Waals surface area contributed by atoms with Gasteiger partial charge in [0.15, 0.2) is 0 Å². The fourth-order valence-corrected chi connectivity index (χ4v) is 3.95. The number of methoxy groups -OCH3 is 1. The number of fused-ring (bicyclic) bond motifs is 2. The Morgan fingerprint density at radius 1 is 1.15 bits per heavy atom. The van der Waals surface area contributed by atoms with Crippen molar-refractivity contribution >= 4 is 34.7 Å². The first-order valence-electron chi connectivity index (χ1n) is 8.11. The second kappa shape index (κ2) is 5.88. The number of rotatable bonds is 2. The van der Waals surface area contributed by atoms with E-state index in [0.717, 1.165) is 11.1 Å². The molecule has 0 radical (unpaired) electrons. The summed E-state index contributed by atoms with van der Waals surface area (Å²) in [5.41, 5.74) is 1.33. The fourth-order valence-electron chi connectivity index (χ4n) is 3.63. The van der Waals surface area contributed by atoms with Crippen molar-refractivity contribution in [3.05, 3.63) is 64.7 Å². The molecular weight excluding hydrogens is 354 g/mol. The zero-order valence-corrected chi connectivity index (χ0v) is 15.0. The van der Waals surface area contributed by atoms with Crippen molar-refractivity contribution in [2.75, 3.05) is 19.1 Å². The summed E-state index contributed by atoms with van der Waals surface area (Å²) in [6.45, 7) is 0. The van der Waals surface area contributed by atoms with Crippen LogP contribution in [0.2, 0.25) is 5.02 Å². The van der Waals surface area contributed by atoms with Crippen LogP contribution >= 0.6 is 11.6 Å². The van der Waals surface area contributed by atoms with E-state index in [1.54, 1.807) is 32.4 Å². The van der Waals surface area contributed by atoms with Crippen molar-refractivity contribution in [2.24, 2.45) is 0 Å². The minimum absolute atomic E-state index is 0.227. The monoisotopic (exact) mass is 369 g/mol. The van der Waals surface area contributed by atoms with Crippen molar-refractivity contribution in [1.29, 1.82) is 0 Å².